The van der Waals surface area contributed by atoms with Crippen molar-refractivity contribution < 1.29 is 9.21 Å². The third-order valence-corrected chi connectivity index (χ3v) is 4.19. The molecule has 0 bridgehead atoms. The highest BCUT2D eigenvalue weighted by Gasteiger charge is 2.17. The number of benzene rings is 2. The number of hydrogen-bond donors (Lipinski definition) is 2. The van der Waals surface area contributed by atoms with E-state index in [1.165, 1.54) is 17.4 Å². The SMILES string of the molecule is Cc1ccc(CCNC(=O)c2coc(C(N)Cc3ccccc3)n2)cc1. The van der Waals surface area contributed by atoms with Crippen molar-refractivity contribution in [3.63, 3.8) is 0 Å². The Balaban J connectivity index is 1.51. The highest BCUT2D eigenvalue weighted by atomic mass is 16.3. The van der Waals surface area contributed by atoms with Crippen LogP contribution in [0.25, 0.3) is 0 Å². The summed E-state index contributed by atoms with van der Waals surface area (Å²) >= 11 is 0. The van der Waals surface area contributed by atoms with E-state index in [1.807, 2.05) is 30.3 Å². The van der Waals surface area contributed by atoms with Crippen LogP contribution in [-0.2, 0) is 12.8 Å². The van der Waals surface area contributed by atoms with Crippen molar-refractivity contribution in [2.75, 3.05) is 6.54 Å². The molecule has 5 nitrogen and oxygen atoms in total. The molecule has 5 heteroatoms. The van der Waals surface area contributed by atoms with Crippen molar-refractivity contribution in [2.45, 2.75) is 25.8 Å². The first-order valence-electron chi connectivity index (χ1n) is 8.70. The third-order valence-electron chi connectivity index (χ3n) is 4.19. The molecule has 2 aromatic carbocycles. The van der Waals surface area contributed by atoms with E-state index in [-0.39, 0.29) is 17.6 Å². The zero-order valence-corrected chi connectivity index (χ0v) is 14.8. The number of nitrogens with zero attached hydrogens (tertiary/aromatic N) is 1. The number of carbonyl (C=O) groups excluding carboxylic acids is 1. The number of aryl methyl sites for hydroxylation is 1. The van der Waals surface area contributed by atoms with Gasteiger partial charge in [0.1, 0.15) is 6.26 Å². The first-order chi connectivity index (χ1) is 12.6. The van der Waals surface area contributed by atoms with Gasteiger partial charge in [-0.15, -0.1) is 0 Å². The number of carbonyl (C=O) groups is 1. The molecular formula is C21H23N3O2. The van der Waals surface area contributed by atoms with E-state index in [4.69, 9.17) is 10.2 Å². The number of nitrogens with two attached hydrogens (primary N) is 1. The fourth-order valence-corrected chi connectivity index (χ4v) is 2.68. The Morgan fingerprint density at radius 1 is 1.12 bits per heavy atom. The minimum Gasteiger partial charge on any atom is -0.446 e. The molecule has 1 heterocycles. The van der Waals surface area contributed by atoms with Crippen LogP contribution in [0.3, 0.4) is 0 Å². The Kier molecular flexibility index (Phi) is 5.81. The van der Waals surface area contributed by atoms with E-state index in [9.17, 15) is 4.79 Å². The van der Waals surface area contributed by atoms with Crippen molar-refractivity contribution in [3.05, 3.63) is 89.1 Å². The van der Waals surface area contributed by atoms with Crippen molar-refractivity contribution in [1.82, 2.24) is 10.3 Å². The van der Waals surface area contributed by atoms with E-state index in [2.05, 4.69) is 41.5 Å². The Morgan fingerprint density at radius 3 is 2.58 bits per heavy atom. The topological polar surface area (TPSA) is 81.2 Å². The fourth-order valence-electron chi connectivity index (χ4n) is 2.68. The molecule has 0 aliphatic heterocycles. The van der Waals surface area contributed by atoms with Crippen LogP contribution < -0.4 is 11.1 Å². The molecule has 0 saturated heterocycles. The molecule has 0 fully saturated rings. The first kappa shape index (κ1) is 17.9. The largest absolute Gasteiger partial charge is 0.446 e. The average molecular weight is 349 g/mol. The van der Waals surface area contributed by atoms with Gasteiger partial charge < -0.3 is 15.5 Å². The summed E-state index contributed by atoms with van der Waals surface area (Å²) in [6.07, 6.45) is 2.74. The number of rotatable bonds is 7. The molecule has 1 aromatic heterocycles. The van der Waals surface area contributed by atoms with Gasteiger partial charge in [0.15, 0.2) is 5.69 Å². The summed E-state index contributed by atoms with van der Waals surface area (Å²) in [4.78, 5) is 16.4. The zero-order chi connectivity index (χ0) is 18.4. The van der Waals surface area contributed by atoms with Crippen LogP contribution >= 0.6 is 0 Å². The maximum absolute atomic E-state index is 12.2. The minimum atomic E-state index is -0.383. The van der Waals surface area contributed by atoms with Crippen molar-refractivity contribution >= 4 is 5.91 Å². The molecule has 0 spiro atoms. The van der Waals surface area contributed by atoms with Gasteiger partial charge in [-0.05, 0) is 30.9 Å². The monoisotopic (exact) mass is 349 g/mol. The average Bonchev–Trinajstić information content (AvgIpc) is 3.15. The standard InChI is InChI=1S/C21H23N3O2/c1-15-7-9-16(10-8-15)11-12-23-20(25)19-14-26-21(24-19)18(22)13-17-5-3-2-4-6-17/h2-10,14,18H,11-13,22H2,1H3,(H,23,25). The lowest BCUT2D eigenvalue weighted by Gasteiger charge is -2.07. The van der Waals surface area contributed by atoms with Gasteiger partial charge in [0.05, 0.1) is 6.04 Å². The lowest BCUT2D eigenvalue weighted by Crippen LogP contribution is -2.26. The predicted molar refractivity (Wildman–Crippen MR) is 101 cm³/mol. The van der Waals surface area contributed by atoms with Crippen LogP contribution in [0.4, 0.5) is 0 Å². The van der Waals surface area contributed by atoms with Crippen LogP contribution in [0.5, 0.6) is 0 Å². The quantitative estimate of drug-likeness (QED) is 0.686. The van der Waals surface area contributed by atoms with E-state index in [0.29, 0.717) is 18.9 Å². The molecule has 0 aliphatic carbocycles. The number of hydrogen-bond acceptors (Lipinski definition) is 4. The lowest BCUT2D eigenvalue weighted by molar-refractivity contribution is 0.0949. The van der Waals surface area contributed by atoms with Crippen molar-refractivity contribution in [3.8, 4) is 0 Å². The summed E-state index contributed by atoms with van der Waals surface area (Å²) in [5.74, 6) is 0.122. The molecule has 1 amide bonds. The van der Waals surface area contributed by atoms with Gasteiger partial charge >= 0.3 is 0 Å². The number of aromatic nitrogens is 1. The molecular weight excluding hydrogens is 326 g/mol. The zero-order valence-electron chi connectivity index (χ0n) is 14.8. The summed E-state index contributed by atoms with van der Waals surface area (Å²) in [7, 11) is 0. The second-order valence-electron chi connectivity index (χ2n) is 6.36. The third kappa shape index (κ3) is 4.80. The highest BCUT2D eigenvalue weighted by molar-refractivity contribution is 5.91. The Morgan fingerprint density at radius 2 is 1.85 bits per heavy atom. The first-order valence-corrected chi connectivity index (χ1v) is 8.70. The van der Waals surface area contributed by atoms with Crippen molar-refractivity contribution in [1.29, 1.82) is 0 Å². The van der Waals surface area contributed by atoms with Gasteiger partial charge in [-0.1, -0.05) is 60.2 Å². The maximum Gasteiger partial charge on any atom is 0.273 e. The molecule has 3 N–H and O–H groups in total. The van der Waals surface area contributed by atoms with Gasteiger partial charge in [0.2, 0.25) is 5.89 Å². The van der Waals surface area contributed by atoms with Gasteiger partial charge in [0.25, 0.3) is 5.91 Å². The molecule has 3 aromatic rings. The molecule has 0 saturated carbocycles. The Hall–Kier alpha value is -2.92. The van der Waals surface area contributed by atoms with Gasteiger partial charge in [0, 0.05) is 6.54 Å². The summed E-state index contributed by atoms with van der Waals surface area (Å²) < 4.78 is 5.40. The molecule has 1 atom stereocenters. The number of oxazole rings is 1. The summed E-state index contributed by atoms with van der Waals surface area (Å²) in [5, 5.41) is 2.86. The number of amides is 1. The molecule has 134 valence electrons. The van der Waals surface area contributed by atoms with E-state index < -0.39 is 0 Å². The molecule has 26 heavy (non-hydrogen) atoms. The van der Waals surface area contributed by atoms with E-state index in [0.717, 1.165) is 12.0 Å². The van der Waals surface area contributed by atoms with Gasteiger partial charge in [-0.2, -0.15) is 0 Å². The molecule has 3 rings (SSSR count). The molecule has 1 unspecified atom stereocenters. The van der Waals surface area contributed by atoms with Crippen LogP contribution in [0.15, 0.2) is 65.3 Å². The van der Waals surface area contributed by atoms with Crippen LogP contribution in [0.2, 0.25) is 0 Å². The Labute approximate surface area is 153 Å². The van der Waals surface area contributed by atoms with Crippen molar-refractivity contribution in [2.24, 2.45) is 5.73 Å². The lowest BCUT2D eigenvalue weighted by atomic mass is 10.1. The smallest absolute Gasteiger partial charge is 0.273 e. The molecule has 0 radical (unpaired) electrons. The van der Waals surface area contributed by atoms with E-state index >= 15 is 0 Å². The highest BCUT2D eigenvalue weighted by Crippen LogP contribution is 2.15. The molecule has 0 aliphatic rings. The normalized spacial score (nSPS) is 11.9. The van der Waals surface area contributed by atoms with Gasteiger partial charge in [-0.3, -0.25) is 4.79 Å². The summed E-state index contributed by atoms with van der Waals surface area (Å²) in [5.41, 5.74) is 9.90. The Bertz CT molecular complexity index is 841. The maximum atomic E-state index is 12.2. The summed E-state index contributed by atoms with van der Waals surface area (Å²) in [6.45, 7) is 2.59. The number of nitrogens with one attached hydrogen (secondary N) is 1. The van der Waals surface area contributed by atoms with Gasteiger partial charge in [-0.25, -0.2) is 4.98 Å². The van der Waals surface area contributed by atoms with E-state index in [1.54, 1.807) is 0 Å². The summed E-state index contributed by atoms with van der Waals surface area (Å²) in [6, 6.07) is 17.8. The van der Waals surface area contributed by atoms with Crippen LogP contribution in [0.1, 0.15) is 39.1 Å². The van der Waals surface area contributed by atoms with Crippen LogP contribution in [0, 0.1) is 6.92 Å². The minimum absolute atomic E-state index is 0.251. The fraction of sp³-hybridized carbons (Fsp3) is 0.238. The second kappa shape index (κ2) is 8.45. The predicted octanol–water partition coefficient (Wildman–Crippen LogP) is 3.20. The second-order valence-corrected chi connectivity index (χ2v) is 6.36. The van der Waals surface area contributed by atoms with Crippen LogP contribution in [-0.4, -0.2) is 17.4 Å².